The number of rotatable bonds is 4. The molecule has 0 unspecified atom stereocenters. The first-order valence-corrected chi connectivity index (χ1v) is 9.86. The number of hydrogen-bond donors (Lipinski definition) is 0. The monoisotopic (exact) mass is 384 g/mol. The molecule has 3 aromatic carbocycles. The number of nitrogens with zero attached hydrogens (tertiary/aromatic N) is 2. The normalized spacial score (nSPS) is 19.6. The molecule has 1 heterocycles. The van der Waals surface area contributed by atoms with Gasteiger partial charge in [0.25, 0.3) is 0 Å². The maximum Gasteiger partial charge on any atom is 0.365 e. The van der Waals surface area contributed by atoms with E-state index >= 15 is 0 Å². The molecule has 0 N–H and O–H groups in total. The van der Waals surface area contributed by atoms with Crippen LogP contribution in [0.15, 0.2) is 96.2 Å². The zero-order valence-corrected chi connectivity index (χ0v) is 16.4. The van der Waals surface area contributed by atoms with Crippen LogP contribution < -0.4 is 0 Å². The molecule has 4 heteroatoms. The Bertz CT molecular complexity index is 920. The maximum atomic E-state index is 12.3. The van der Waals surface area contributed by atoms with Gasteiger partial charge >= 0.3 is 5.97 Å². The summed E-state index contributed by atoms with van der Waals surface area (Å²) < 4.78 is 0. The van der Waals surface area contributed by atoms with Crippen molar-refractivity contribution in [3.05, 3.63) is 108 Å². The highest BCUT2D eigenvalue weighted by atomic mass is 16.7. The Balaban J connectivity index is 1.60. The van der Waals surface area contributed by atoms with Crippen molar-refractivity contribution in [2.45, 2.75) is 24.9 Å². The second kappa shape index (κ2) is 8.84. The average molecular weight is 384 g/mol. The van der Waals surface area contributed by atoms with Crippen molar-refractivity contribution < 1.29 is 9.63 Å². The third kappa shape index (κ3) is 4.44. The third-order valence-electron chi connectivity index (χ3n) is 5.48. The highest BCUT2D eigenvalue weighted by Crippen LogP contribution is 2.39. The smallest absolute Gasteiger partial charge is 0.313 e. The second-order valence-corrected chi connectivity index (χ2v) is 7.33. The number of hydrogen-bond acceptors (Lipinski definition) is 4. The van der Waals surface area contributed by atoms with Crippen molar-refractivity contribution in [2.75, 3.05) is 7.05 Å². The Kier molecular flexibility index (Phi) is 5.82. The van der Waals surface area contributed by atoms with E-state index in [9.17, 15) is 4.79 Å². The van der Waals surface area contributed by atoms with Crippen LogP contribution in [0.2, 0.25) is 0 Å². The molecule has 1 saturated heterocycles. The summed E-state index contributed by atoms with van der Waals surface area (Å²) in [6.07, 6.45) is 1.46. The van der Waals surface area contributed by atoms with Gasteiger partial charge in [0.1, 0.15) is 0 Å². The number of likely N-dealkylation sites (tertiary alicyclic amines) is 1. The van der Waals surface area contributed by atoms with Gasteiger partial charge in [-0.25, -0.2) is 4.79 Å². The Morgan fingerprint density at radius 3 is 1.72 bits per heavy atom. The van der Waals surface area contributed by atoms with E-state index in [1.165, 1.54) is 11.1 Å². The van der Waals surface area contributed by atoms with Crippen molar-refractivity contribution in [2.24, 2.45) is 5.16 Å². The van der Waals surface area contributed by atoms with Crippen LogP contribution in [-0.4, -0.2) is 23.6 Å². The summed E-state index contributed by atoms with van der Waals surface area (Å²) in [5.74, 6) is -0.426. The fourth-order valence-corrected chi connectivity index (χ4v) is 3.90. The molecule has 1 aliphatic heterocycles. The molecule has 0 spiro atoms. The van der Waals surface area contributed by atoms with E-state index in [0.717, 1.165) is 18.6 Å². The Labute approximate surface area is 171 Å². The molecule has 0 radical (unpaired) electrons. The summed E-state index contributed by atoms with van der Waals surface area (Å²) in [4.78, 5) is 20.0. The molecule has 4 rings (SSSR count). The molecule has 3 aromatic rings. The molecule has 2 atom stereocenters. The minimum absolute atomic E-state index is 0.171. The average Bonchev–Trinajstić information content (AvgIpc) is 2.80. The fourth-order valence-electron chi connectivity index (χ4n) is 3.90. The number of piperidine rings is 1. The number of carbonyl (C=O) groups excluding carboxylic acids is 1. The zero-order valence-electron chi connectivity index (χ0n) is 16.4. The molecule has 0 aromatic heterocycles. The maximum absolute atomic E-state index is 12.3. The fraction of sp³-hybridized carbons (Fsp3) is 0.200. The molecular formula is C25H24N2O2. The molecule has 1 fully saturated rings. The van der Waals surface area contributed by atoms with Gasteiger partial charge < -0.3 is 4.84 Å². The Morgan fingerprint density at radius 1 is 0.793 bits per heavy atom. The van der Waals surface area contributed by atoms with Gasteiger partial charge in [-0.2, -0.15) is 0 Å². The highest BCUT2D eigenvalue weighted by Gasteiger charge is 2.33. The Hall–Kier alpha value is -3.24. The minimum Gasteiger partial charge on any atom is -0.313 e. The lowest BCUT2D eigenvalue weighted by Crippen LogP contribution is -2.37. The zero-order chi connectivity index (χ0) is 20.1. The molecule has 4 nitrogen and oxygen atoms in total. The van der Waals surface area contributed by atoms with Crippen molar-refractivity contribution >= 4 is 11.7 Å². The van der Waals surface area contributed by atoms with Crippen LogP contribution in [0.3, 0.4) is 0 Å². The van der Waals surface area contributed by atoms with E-state index in [1.54, 1.807) is 12.1 Å². The van der Waals surface area contributed by atoms with Gasteiger partial charge in [0.15, 0.2) is 0 Å². The van der Waals surface area contributed by atoms with Crippen molar-refractivity contribution in [3.8, 4) is 0 Å². The van der Waals surface area contributed by atoms with E-state index in [0.29, 0.717) is 5.56 Å². The van der Waals surface area contributed by atoms with Crippen LogP contribution in [-0.2, 0) is 4.84 Å². The van der Waals surface area contributed by atoms with E-state index in [2.05, 4.69) is 65.6 Å². The lowest BCUT2D eigenvalue weighted by atomic mass is 9.87. The number of benzene rings is 3. The predicted molar refractivity (Wildman–Crippen MR) is 115 cm³/mol. The van der Waals surface area contributed by atoms with Gasteiger partial charge in [0.05, 0.1) is 11.3 Å². The summed E-state index contributed by atoms with van der Waals surface area (Å²) in [6.45, 7) is 0. The highest BCUT2D eigenvalue weighted by molar-refractivity contribution is 5.91. The summed E-state index contributed by atoms with van der Waals surface area (Å²) in [6, 6.07) is 30.2. The van der Waals surface area contributed by atoms with E-state index in [-0.39, 0.29) is 12.1 Å². The summed E-state index contributed by atoms with van der Waals surface area (Å²) in [7, 11) is 2.15. The van der Waals surface area contributed by atoms with Crippen LogP contribution in [0.25, 0.3) is 0 Å². The first-order valence-electron chi connectivity index (χ1n) is 9.86. The first-order chi connectivity index (χ1) is 14.2. The minimum atomic E-state index is -0.426. The van der Waals surface area contributed by atoms with Crippen LogP contribution in [0.4, 0.5) is 0 Å². The number of carbonyl (C=O) groups is 1. The van der Waals surface area contributed by atoms with E-state index in [1.807, 2.05) is 30.3 Å². The van der Waals surface area contributed by atoms with E-state index < -0.39 is 5.97 Å². The van der Waals surface area contributed by atoms with Gasteiger partial charge in [0.2, 0.25) is 0 Å². The standard InChI is InChI=1S/C25H24N2O2/c1-27-23(19-11-5-2-6-12-19)17-22(18-24(27)20-13-7-3-8-14-20)26-29-25(28)21-15-9-4-10-16-21/h2-16,23-24H,17-18H2,1H3/t23-,24-/m1/s1. The van der Waals surface area contributed by atoms with Crippen LogP contribution in [0.5, 0.6) is 0 Å². The third-order valence-corrected chi connectivity index (χ3v) is 5.48. The summed E-state index contributed by atoms with van der Waals surface area (Å²) >= 11 is 0. The second-order valence-electron chi connectivity index (χ2n) is 7.33. The molecule has 29 heavy (non-hydrogen) atoms. The van der Waals surface area contributed by atoms with E-state index in [4.69, 9.17) is 4.84 Å². The SMILES string of the molecule is CN1[C@@H](c2ccccc2)CC(=NOC(=O)c2ccccc2)C[C@@H]1c1ccccc1. The molecule has 0 saturated carbocycles. The molecule has 0 amide bonds. The van der Waals surface area contributed by atoms with Crippen molar-refractivity contribution in [3.63, 3.8) is 0 Å². The van der Waals surface area contributed by atoms with Crippen molar-refractivity contribution in [1.82, 2.24) is 4.90 Å². The van der Waals surface area contributed by atoms with Gasteiger partial charge in [-0.05, 0) is 30.3 Å². The lowest BCUT2D eigenvalue weighted by Gasteiger charge is -2.40. The van der Waals surface area contributed by atoms with Crippen LogP contribution in [0, 0.1) is 0 Å². The topological polar surface area (TPSA) is 41.9 Å². The Morgan fingerprint density at radius 2 is 1.24 bits per heavy atom. The molecule has 0 bridgehead atoms. The quantitative estimate of drug-likeness (QED) is 0.446. The summed E-state index contributed by atoms with van der Waals surface area (Å²) in [5.41, 5.74) is 3.87. The number of oxime groups is 1. The van der Waals surface area contributed by atoms with Gasteiger partial charge in [-0.1, -0.05) is 84.0 Å². The summed E-state index contributed by atoms with van der Waals surface area (Å²) in [5, 5.41) is 4.29. The molecule has 146 valence electrons. The molecule has 0 aliphatic carbocycles. The molecule has 1 aliphatic rings. The van der Waals surface area contributed by atoms with Gasteiger partial charge in [-0.15, -0.1) is 0 Å². The predicted octanol–water partition coefficient (Wildman–Crippen LogP) is 5.41. The van der Waals surface area contributed by atoms with Crippen molar-refractivity contribution in [1.29, 1.82) is 0 Å². The van der Waals surface area contributed by atoms with Gasteiger partial charge in [0, 0.05) is 24.9 Å². The van der Waals surface area contributed by atoms with Crippen LogP contribution >= 0.6 is 0 Å². The first kappa shape index (κ1) is 19.1. The largest absolute Gasteiger partial charge is 0.365 e. The molecular weight excluding hydrogens is 360 g/mol. The van der Waals surface area contributed by atoms with Gasteiger partial charge in [-0.3, -0.25) is 4.90 Å². The van der Waals surface area contributed by atoms with Crippen LogP contribution in [0.1, 0.15) is 46.4 Å². The lowest BCUT2D eigenvalue weighted by molar-refractivity contribution is 0.0507.